The highest BCUT2D eigenvalue weighted by molar-refractivity contribution is 5.59. The molecule has 0 atom stereocenters. The minimum atomic E-state index is 0.920. The lowest BCUT2D eigenvalue weighted by Crippen LogP contribution is -2.28. The highest BCUT2D eigenvalue weighted by Gasteiger charge is 2.08. The summed E-state index contributed by atoms with van der Waals surface area (Å²) in [6.07, 6.45) is 9.68. The normalized spacial score (nSPS) is 16.4. The average Bonchev–Trinajstić information content (AvgIpc) is 2.47. The molecule has 1 aliphatic rings. The summed E-state index contributed by atoms with van der Waals surface area (Å²) in [5.41, 5.74) is 2.52. The number of para-hydroxylation sites is 1. The lowest BCUT2D eigenvalue weighted by atomic mass is 10.1. The van der Waals surface area contributed by atoms with Crippen LogP contribution in [0.4, 0.5) is 0 Å². The van der Waals surface area contributed by atoms with E-state index in [1.54, 1.807) is 7.11 Å². The third kappa shape index (κ3) is 3.83. The fourth-order valence-corrected chi connectivity index (χ4v) is 2.23. The van der Waals surface area contributed by atoms with Crippen LogP contribution in [0.25, 0.3) is 6.08 Å². The Labute approximate surface area is 115 Å². The fraction of sp³-hybridized carbons (Fsp3) is 0.294. The van der Waals surface area contributed by atoms with E-state index in [0.717, 1.165) is 37.4 Å². The van der Waals surface area contributed by atoms with E-state index >= 15 is 0 Å². The van der Waals surface area contributed by atoms with Gasteiger partial charge >= 0.3 is 0 Å². The molecule has 0 fully saturated rings. The van der Waals surface area contributed by atoms with Crippen LogP contribution in [0.2, 0.25) is 0 Å². The molecule has 100 valence electrons. The van der Waals surface area contributed by atoms with Crippen LogP contribution >= 0.6 is 0 Å². The quantitative estimate of drug-likeness (QED) is 0.746. The van der Waals surface area contributed by atoms with Gasteiger partial charge in [0.25, 0.3) is 0 Å². The molecule has 0 N–H and O–H groups in total. The monoisotopic (exact) mass is 255 g/mol. The van der Waals surface area contributed by atoms with Crippen LogP contribution < -0.4 is 4.74 Å². The number of hydrogen-bond acceptors (Lipinski definition) is 2. The second-order valence-electron chi connectivity index (χ2n) is 4.65. The van der Waals surface area contributed by atoms with Crippen LogP contribution in [0, 0.1) is 0 Å². The lowest BCUT2D eigenvalue weighted by molar-refractivity contribution is 0.327. The summed E-state index contributed by atoms with van der Waals surface area (Å²) in [5, 5.41) is 0. The molecule has 0 amide bonds. The summed E-state index contributed by atoms with van der Waals surface area (Å²) in [4.78, 5) is 2.38. The molecule has 2 heteroatoms. The van der Waals surface area contributed by atoms with Gasteiger partial charge in [-0.25, -0.2) is 0 Å². The summed E-state index contributed by atoms with van der Waals surface area (Å²) in [7, 11) is 1.71. The van der Waals surface area contributed by atoms with E-state index in [2.05, 4.69) is 35.8 Å². The number of hydrogen-bond donors (Lipinski definition) is 0. The van der Waals surface area contributed by atoms with Gasteiger partial charge in [0.2, 0.25) is 0 Å². The van der Waals surface area contributed by atoms with Gasteiger partial charge in [0, 0.05) is 25.2 Å². The molecule has 1 aromatic rings. The Morgan fingerprint density at radius 2 is 2.16 bits per heavy atom. The van der Waals surface area contributed by atoms with Gasteiger partial charge in [0.1, 0.15) is 5.75 Å². The van der Waals surface area contributed by atoms with E-state index in [0.29, 0.717) is 0 Å². The van der Waals surface area contributed by atoms with Gasteiger partial charge in [-0.15, -0.1) is 6.58 Å². The number of allylic oxidation sites excluding steroid dienone is 1. The van der Waals surface area contributed by atoms with Gasteiger partial charge in [-0.05, 0) is 18.1 Å². The largest absolute Gasteiger partial charge is 0.496 e. The van der Waals surface area contributed by atoms with Crippen molar-refractivity contribution in [3.63, 3.8) is 0 Å². The molecule has 0 aliphatic carbocycles. The maximum atomic E-state index is 5.34. The van der Waals surface area contributed by atoms with Crippen molar-refractivity contribution in [1.29, 1.82) is 0 Å². The van der Waals surface area contributed by atoms with Gasteiger partial charge in [0.05, 0.1) is 7.11 Å². The Kier molecular flexibility index (Phi) is 4.99. The Morgan fingerprint density at radius 3 is 2.84 bits per heavy atom. The Balaban J connectivity index is 2.01. The first-order valence-electron chi connectivity index (χ1n) is 6.67. The maximum absolute atomic E-state index is 5.34. The zero-order chi connectivity index (χ0) is 13.5. The molecule has 0 unspecified atom stereocenters. The van der Waals surface area contributed by atoms with E-state index in [4.69, 9.17) is 4.74 Å². The second kappa shape index (κ2) is 6.95. The molecule has 0 bridgehead atoms. The van der Waals surface area contributed by atoms with Gasteiger partial charge < -0.3 is 4.74 Å². The van der Waals surface area contributed by atoms with Gasteiger partial charge in [-0.3, -0.25) is 4.90 Å². The molecule has 0 saturated carbocycles. The molecule has 1 heterocycles. The van der Waals surface area contributed by atoms with Crippen molar-refractivity contribution in [2.75, 3.05) is 26.7 Å². The lowest BCUT2D eigenvalue weighted by Gasteiger charge is -2.23. The van der Waals surface area contributed by atoms with Crippen LogP contribution in [0.5, 0.6) is 5.75 Å². The zero-order valence-corrected chi connectivity index (χ0v) is 11.5. The van der Waals surface area contributed by atoms with Crippen molar-refractivity contribution in [1.82, 2.24) is 4.90 Å². The molecule has 0 radical (unpaired) electrons. The van der Waals surface area contributed by atoms with Crippen LogP contribution in [-0.4, -0.2) is 31.6 Å². The van der Waals surface area contributed by atoms with Gasteiger partial charge in [-0.2, -0.15) is 0 Å². The zero-order valence-electron chi connectivity index (χ0n) is 11.5. The van der Waals surface area contributed by atoms with E-state index < -0.39 is 0 Å². The molecular weight excluding hydrogens is 234 g/mol. The first-order chi connectivity index (χ1) is 9.33. The minimum absolute atomic E-state index is 0.920. The maximum Gasteiger partial charge on any atom is 0.126 e. The summed E-state index contributed by atoms with van der Waals surface area (Å²) < 4.78 is 5.34. The van der Waals surface area contributed by atoms with E-state index in [1.807, 2.05) is 24.3 Å². The molecule has 19 heavy (non-hydrogen) atoms. The first-order valence-corrected chi connectivity index (χ1v) is 6.67. The summed E-state index contributed by atoms with van der Waals surface area (Å²) in [6, 6.07) is 8.08. The topological polar surface area (TPSA) is 12.5 Å². The van der Waals surface area contributed by atoms with Crippen molar-refractivity contribution in [2.24, 2.45) is 0 Å². The van der Waals surface area contributed by atoms with Gasteiger partial charge in [0.15, 0.2) is 0 Å². The summed E-state index contributed by atoms with van der Waals surface area (Å²) >= 11 is 0. The highest BCUT2D eigenvalue weighted by atomic mass is 16.5. The molecular formula is C17H21NO. The van der Waals surface area contributed by atoms with Crippen molar-refractivity contribution < 1.29 is 4.74 Å². The highest BCUT2D eigenvalue weighted by Crippen LogP contribution is 2.20. The van der Waals surface area contributed by atoms with Crippen LogP contribution in [-0.2, 0) is 0 Å². The Bertz CT molecular complexity index is 488. The average molecular weight is 255 g/mol. The van der Waals surface area contributed by atoms with Gasteiger partial charge in [-0.1, -0.05) is 42.5 Å². The summed E-state index contributed by atoms with van der Waals surface area (Å²) in [5.74, 6) is 0.920. The van der Waals surface area contributed by atoms with E-state index in [9.17, 15) is 0 Å². The number of nitrogens with zero attached hydrogens (tertiary/aromatic N) is 1. The SMILES string of the molecule is C=CCN1CC=C(C=Cc2ccccc2OC)CC1. The first kappa shape index (κ1) is 13.6. The number of benzene rings is 1. The van der Waals surface area contributed by atoms with Crippen molar-refractivity contribution in [3.8, 4) is 5.75 Å². The van der Waals surface area contributed by atoms with Crippen LogP contribution in [0.15, 0.2) is 54.6 Å². The van der Waals surface area contributed by atoms with Crippen molar-refractivity contribution in [2.45, 2.75) is 6.42 Å². The molecule has 0 spiro atoms. The minimum Gasteiger partial charge on any atom is -0.496 e. The third-order valence-electron chi connectivity index (χ3n) is 3.33. The van der Waals surface area contributed by atoms with Crippen molar-refractivity contribution >= 4 is 6.08 Å². The fourth-order valence-electron chi connectivity index (χ4n) is 2.23. The van der Waals surface area contributed by atoms with Crippen molar-refractivity contribution in [3.05, 3.63) is 60.2 Å². The smallest absolute Gasteiger partial charge is 0.126 e. The number of rotatable bonds is 5. The van der Waals surface area contributed by atoms with Crippen LogP contribution in [0.3, 0.4) is 0 Å². The Morgan fingerprint density at radius 1 is 1.32 bits per heavy atom. The molecule has 0 aromatic heterocycles. The third-order valence-corrected chi connectivity index (χ3v) is 3.33. The molecule has 2 nitrogen and oxygen atoms in total. The molecule has 2 rings (SSSR count). The van der Waals surface area contributed by atoms with E-state index in [-0.39, 0.29) is 0 Å². The molecule has 0 saturated heterocycles. The van der Waals surface area contributed by atoms with E-state index in [1.165, 1.54) is 5.57 Å². The second-order valence-corrected chi connectivity index (χ2v) is 4.65. The predicted molar refractivity (Wildman–Crippen MR) is 81.4 cm³/mol. The number of ether oxygens (including phenoxy) is 1. The Hall–Kier alpha value is -1.80. The molecule has 1 aliphatic heterocycles. The standard InChI is InChI=1S/C17H21NO/c1-3-12-18-13-10-15(11-14-18)8-9-16-6-4-5-7-17(16)19-2/h3-10H,1,11-14H2,2H3. The predicted octanol–water partition coefficient (Wildman–Crippen LogP) is 3.53. The summed E-state index contributed by atoms with van der Waals surface area (Å²) in [6.45, 7) is 6.87. The molecule has 1 aromatic carbocycles. The van der Waals surface area contributed by atoms with Crippen LogP contribution in [0.1, 0.15) is 12.0 Å². The number of methoxy groups -OCH3 is 1.